The van der Waals surface area contributed by atoms with Gasteiger partial charge in [-0.25, -0.2) is 9.78 Å². The fourth-order valence-electron chi connectivity index (χ4n) is 4.17. The van der Waals surface area contributed by atoms with Crippen LogP contribution in [0.25, 0.3) is 0 Å². The number of hydrogen-bond acceptors (Lipinski definition) is 8. The lowest BCUT2D eigenvalue weighted by Crippen LogP contribution is -2.58. The van der Waals surface area contributed by atoms with Gasteiger partial charge in [-0.2, -0.15) is 0 Å². The second-order valence-electron chi connectivity index (χ2n) is 9.33. The van der Waals surface area contributed by atoms with Crippen molar-refractivity contribution in [1.29, 1.82) is 0 Å². The summed E-state index contributed by atoms with van der Waals surface area (Å²) in [5.74, 6) is -3.86. The molecule has 2 heterocycles. The van der Waals surface area contributed by atoms with Gasteiger partial charge in [0, 0.05) is 31.2 Å². The van der Waals surface area contributed by atoms with E-state index in [0.29, 0.717) is 24.2 Å². The Kier molecular flexibility index (Phi) is 10.4. The number of benzene rings is 1. The fraction of sp³-hybridized carbons (Fsp3) is 0.440. The molecule has 1 aliphatic heterocycles. The van der Waals surface area contributed by atoms with Crippen molar-refractivity contribution in [2.45, 2.75) is 62.7 Å². The number of carbonyl (C=O) groups is 5. The van der Waals surface area contributed by atoms with Crippen LogP contribution in [-0.2, 0) is 36.8 Å². The highest BCUT2D eigenvalue weighted by Gasteiger charge is 2.32. The van der Waals surface area contributed by atoms with Crippen LogP contribution in [-0.4, -0.2) is 80.5 Å². The number of nitrogens with zero attached hydrogens (tertiary/aromatic N) is 1. The highest BCUT2D eigenvalue weighted by atomic mass is 16.4. The van der Waals surface area contributed by atoms with Crippen LogP contribution in [0.3, 0.4) is 0 Å². The van der Waals surface area contributed by atoms with E-state index < -0.39 is 53.8 Å². The second kappa shape index (κ2) is 13.9. The molecule has 4 atom stereocenters. The van der Waals surface area contributed by atoms with Gasteiger partial charge in [0.25, 0.3) is 0 Å². The van der Waals surface area contributed by atoms with Gasteiger partial charge in [-0.3, -0.25) is 19.2 Å². The van der Waals surface area contributed by atoms with Gasteiger partial charge in [-0.1, -0.05) is 12.1 Å². The lowest BCUT2D eigenvalue weighted by atomic mass is 10.0. The number of H-pyrrole nitrogens is 1. The van der Waals surface area contributed by atoms with Crippen molar-refractivity contribution >= 4 is 29.6 Å². The molecule has 3 rings (SSSR count). The maximum absolute atomic E-state index is 13.2. The van der Waals surface area contributed by atoms with Crippen LogP contribution < -0.4 is 27.0 Å². The smallest absolute Gasteiger partial charge is 0.326 e. The van der Waals surface area contributed by atoms with Crippen molar-refractivity contribution in [3.63, 3.8) is 0 Å². The summed E-state index contributed by atoms with van der Waals surface area (Å²) in [6.07, 6.45) is 3.85. The van der Waals surface area contributed by atoms with Crippen molar-refractivity contribution in [3.05, 3.63) is 48.0 Å². The maximum Gasteiger partial charge on any atom is 0.326 e. The number of phenols is 1. The minimum atomic E-state index is -1.33. The summed E-state index contributed by atoms with van der Waals surface area (Å²) >= 11 is 0. The van der Waals surface area contributed by atoms with E-state index in [1.54, 1.807) is 0 Å². The zero-order valence-electron chi connectivity index (χ0n) is 21.2. The third kappa shape index (κ3) is 9.10. The first-order chi connectivity index (χ1) is 18.6. The number of primary amides is 1. The Balaban J connectivity index is 1.75. The van der Waals surface area contributed by atoms with Crippen LogP contribution in [0.1, 0.15) is 36.9 Å². The van der Waals surface area contributed by atoms with Gasteiger partial charge in [-0.15, -0.1) is 0 Å². The summed E-state index contributed by atoms with van der Waals surface area (Å²) in [5.41, 5.74) is 6.30. The molecular weight excluding hydrogens is 510 g/mol. The zero-order valence-corrected chi connectivity index (χ0v) is 21.2. The molecule has 1 saturated heterocycles. The van der Waals surface area contributed by atoms with Gasteiger partial charge < -0.3 is 42.2 Å². The van der Waals surface area contributed by atoms with Gasteiger partial charge in [0.2, 0.25) is 23.6 Å². The average Bonchev–Trinajstić information content (AvgIpc) is 3.61. The SMILES string of the molecule is NC(=O)CCC(NC(=O)C1CCCN1)C(=O)NC(Cc1cnc[nH]1)C(=O)NC(Cc1ccc(O)cc1)C(=O)O. The van der Waals surface area contributed by atoms with Crippen LogP contribution in [0.2, 0.25) is 0 Å². The topological polar surface area (TPSA) is 229 Å². The summed E-state index contributed by atoms with van der Waals surface area (Å²) < 4.78 is 0. The Morgan fingerprint density at radius 2 is 1.69 bits per heavy atom. The Morgan fingerprint density at radius 1 is 1.00 bits per heavy atom. The standard InChI is InChI=1S/C25H33N7O7/c26-21(34)8-7-18(30-22(35)17-2-1-9-28-17)23(36)31-19(11-15-12-27-13-29-15)24(37)32-20(25(38)39)10-14-3-5-16(33)6-4-14/h3-6,12-13,17-20,28,33H,1-2,7-11H2,(H2,26,34)(H,27,29)(H,30,35)(H,31,36)(H,32,37)(H,38,39). The fourth-order valence-corrected chi connectivity index (χ4v) is 4.17. The number of aromatic hydroxyl groups is 1. The molecular formula is C25H33N7O7. The third-order valence-corrected chi connectivity index (χ3v) is 6.29. The first kappa shape index (κ1) is 29.1. The van der Waals surface area contributed by atoms with E-state index in [9.17, 15) is 34.2 Å². The molecule has 9 N–H and O–H groups in total. The first-order valence-electron chi connectivity index (χ1n) is 12.5. The Morgan fingerprint density at radius 3 is 2.28 bits per heavy atom. The number of amides is 4. The number of rotatable bonds is 14. The monoisotopic (exact) mass is 543 g/mol. The molecule has 0 spiro atoms. The van der Waals surface area contributed by atoms with E-state index in [1.807, 2.05) is 0 Å². The van der Waals surface area contributed by atoms with E-state index in [0.717, 1.165) is 6.42 Å². The van der Waals surface area contributed by atoms with Crippen LogP contribution in [0.4, 0.5) is 0 Å². The Bertz CT molecular complexity index is 1150. The van der Waals surface area contributed by atoms with Crippen molar-refractivity contribution in [2.24, 2.45) is 5.73 Å². The molecule has 1 aliphatic rings. The molecule has 0 saturated carbocycles. The number of aromatic nitrogens is 2. The highest BCUT2D eigenvalue weighted by molar-refractivity contribution is 5.94. The predicted molar refractivity (Wildman–Crippen MR) is 137 cm³/mol. The second-order valence-corrected chi connectivity index (χ2v) is 9.33. The van der Waals surface area contributed by atoms with Crippen LogP contribution in [0.5, 0.6) is 5.75 Å². The summed E-state index contributed by atoms with van der Waals surface area (Å²) in [7, 11) is 0. The molecule has 0 bridgehead atoms. The Hall–Kier alpha value is -4.46. The predicted octanol–water partition coefficient (Wildman–Crippen LogP) is -1.54. The number of carboxylic acids is 1. The lowest BCUT2D eigenvalue weighted by molar-refractivity contribution is -0.142. The van der Waals surface area contributed by atoms with Crippen LogP contribution in [0.15, 0.2) is 36.8 Å². The van der Waals surface area contributed by atoms with Gasteiger partial charge in [0.1, 0.15) is 23.9 Å². The molecule has 0 radical (unpaired) electrons. The minimum Gasteiger partial charge on any atom is -0.508 e. The molecule has 14 nitrogen and oxygen atoms in total. The van der Waals surface area contributed by atoms with Gasteiger partial charge in [0.15, 0.2) is 0 Å². The number of aliphatic carboxylic acids is 1. The van der Waals surface area contributed by atoms with E-state index in [4.69, 9.17) is 5.73 Å². The lowest BCUT2D eigenvalue weighted by Gasteiger charge is -2.25. The normalized spacial score (nSPS) is 17.0. The summed E-state index contributed by atoms with van der Waals surface area (Å²) in [6.45, 7) is 0.664. The number of carboxylic acid groups (broad SMARTS) is 1. The molecule has 39 heavy (non-hydrogen) atoms. The van der Waals surface area contributed by atoms with E-state index >= 15 is 0 Å². The van der Waals surface area contributed by atoms with E-state index in [1.165, 1.54) is 36.8 Å². The molecule has 1 fully saturated rings. The molecule has 2 aromatic rings. The zero-order chi connectivity index (χ0) is 28.4. The first-order valence-corrected chi connectivity index (χ1v) is 12.5. The molecule has 4 unspecified atom stereocenters. The maximum atomic E-state index is 13.2. The van der Waals surface area contributed by atoms with Gasteiger partial charge in [-0.05, 0) is 43.5 Å². The molecule has 1 aromatic heterocycles. The van der Waals surface area contributed by atoms with Gasteiger partial charge >= 0.3 is 5.97 Å². The van der Waals surface area contributed by atoms with Crippen molar-refractivity contribution in [1.82, 2.24) is 31.2 Å². The molecule has 14 heteroatoms. The largest absolute Gasteiger partial charge is 0.508 e. The number of phenolic OH excluding ortho intramolecular Hbond substituents is 1. The number of aromatic amines is 1. The molecule has 1 aromatic carbocycles. The average molecular weight is 544 g/mol. The Labute approximate surface area is 224 Å². The number of hydrogen-bond donors (Lipinski definition) is 8. The number of imidazole rings is 1. The molecule has 210 valence electrons. The molecule has 4 amide bonds. The third-order valence-electron chi connectivity index (χ3n) is 6.29. The van der Waals surface area contributed by atoms with E-state index in [-0.39, 0.29) is 31.4 Å². The summed E-state index contributed by atoms with van der Waals surface area (Å²) in [5, 5.41) is 29.9. The summed E-state index contributed by atoms with van der Waals surface area (Å²) in [4.78, 5) is 69.2. The van der Waals surface area contributed by atoms with E-state index in [2.05, 4.69) is 31.2 Å². The minimum absolute atomic E-state index is 0.0127. The quantitative estimate of drug-likeness (QED) is 0.138. The van der Waals surface area contributed by atoms with Crippen molar-refractivity contribution < 1.29 is 34.2 Å². The van der Waals surface area contributed by atoms with Crippen molar-refractivity contribution in [2.75, 3.05) is 6.54 Å². The van der Waals surface area contributed by atoms with Crippen molar-refractivity contribution in [3.8, 4) is 5.75 Å². The number of nitrogens with two attached hydrogens (primary N) is 1. The van der Waals surface area contributed by atoms with Crippen LogP contribution in [0, 0.1) is 0 Å². The number of nitrogens with one attached hydrogen (secondary N) is 5. The summed E-state index contributed by atoms with van der Waals surface area (Å²) in [6, 6.07) is 1.67. The highest BCUT2D eigenvalue weighted by Crippen LogP contribution is 2.12. The molecule has 0 aliphatic carbocycles. The van der Waals surface area contributed by atoms with Crippen LogP contribution >= 0.6 is 0 Å². The number of carbonyl (C=O) groups excluding carboxylic acids is 4. The van der Waals surface area contributed by atoms with Gasteiger partial charge in [0.05, 0.1) is 12.4 Å².